The van der Waals surface area contributed by atoms with Crippen LogP contribution in [-0.4, -0.2) is 21.5 Å². The van der Waals surface area contributed by atoms with Crippen LogP contribution in [0.25, 0.3) is 5.69 Å². The fourth-order valence-electron chi connectivity index (χ4n) is 1.75. The van der Waals surface area contributed by atoms with Crippen molar-refractivity contribution in [2.24, 2.45) is 0 Å². The summed E-state index contributed by atoms with van der Waals surface area (Å²) in [5.41, 5.74) is 2.09. The van der Waals surface area contributed by atoms with Crippen molar-refractivity contribution >= 4 is 11.8 Å². The molecule has 0 bridgehead atoms. The van der Waals surface area contributed by atoms with Crippen LogP contribution < -0.4 is 5.11 Å². The molecule has 0 N–H and O–H groups in total. The molecule has 5 heteroatoms. The summed E-state index contributed by atoms with van der Waals surface area (Å²) >= 11 is 0. The molecule has 0 radical (unpaired) electrons. The van der Waals surface area contributed by atoms with Gasteiger partial charge in [0.25, 0.3) is 0 Å². The zero-order valence-corrected chi connectivity index (χ0v) is 10.0. The minimum absolute atomic E-state index is 0.0508. The number of nitrogens with zero attached hydrogens (tertiary/aromatic N) is 2. The molecular formula is C13H11N2O3-. The Morgan fingerprint density at radius 2 is 1.83 bits per heavy atom. The average molecular weight is 243 g/mol. The lowest BCUT2D eigenvalue weighted by atomic mass is 10.2. The first-order valence-corrected chi connectivity index (χ1v) is 5.38. The van der Waals surface area contributed by atoms with Crippen molar-refractivity contribution in [1.82, 2.24) is 9.78 Å². The number of aromatic carboxylic acids is 1. The second-order valence-electron chi connectivity index (χ2n) is 3.95. The third kappa shape index (κ3) is 2.02. The molecule has 0 unspecified atom stereocenters. The summed E-state index contributed by atoms with van der Waals surface area (Å²) in [6, 6.07) is 6.13. The molecule has 5 nitrogen and oxygen atoms in total. The molecule has 0 saturated carbocycles. The van der Waals surface area contributed by atoms with E-state index in [2.05, 4.69) is 5.10 Å². The number of carboxylic acid groups (broad SMARTS) is 1. The number of hydrogen-bond acceptors (Lipinski definition) is 4. The topological polar surface area (TPSA) is 75.0 Å². The van der Waals surface area contributed by atoms with Gasteiger partial charge in [-0.05, 0) is 31.5 Å². The molecule has 0 spiro atoms. The van der Waals surface area contributed by atoms with Gasteiger partial charge in [0, 0.05) is 0 Å². The highest BCUT2D eigenvalue weighted by atomic mass is 16.4. The number of benzene rings is 1. The Kier molecular flexibility index (Phi) is 2.97. The fourth-order valence-corrected chi connectivity index (χ4v) is 1.75. The van der Waals surface area contributed by atoms with Crippen LogP contribution in [-0.2, 0) is 0 Å². The van der Waals surface area contributed by atoms with E-state index in [1.54, 1.807) is 23.7 Å². The summed E-state index contributed by atoms with van der Waals surface area (Å²) in [4.78, 5) is 21.9. The van der Waals surface area contributed by atoms with Crippen molar-refractivity contribution in [2.75, 3.05) is 0 Å². The van der Waals surface area contributed by atoms with Crippen LogP contribution in [0.3, 0.4) is 0 Å². The fraction of sp³-hybridized carbons (Fsp3) is 0.154. The summed E-state index contributed by atoms with van der Waals surface area (Å²) in [6.07, 6.45) is 1.50. The Labute approximate surface area is 104 Å². The molecule has 1 aromatic heterocycles. The number of ketones is 1. The van der Waals surface area contributed by atoms with Crippen LogP contribution in [0.1, 0.15) is 33.3 Å². The Hall–Kier alpha value is -2.43. The van der Waals surface area contributed by atoms with E-state index in [0.29, 0.717) is 11.3 Å². The number of aromatic nitrogens is 2. The second kappa shape index (κ2) is 4.44. The SMILES string of the molecule is CC(=O)c1cnn(-c2ccc(C(=O)[O-])cc2)c1C. The van der Waals surface area contributed by atoms with Crippen LogP contribution in [0.15, 0.2) is 30.5 Å². The van der Waals surface area contributed by atoms with Gasteiger partial charge in [-0.2, -0.15) is 5.10 Å². The van der Waals surface area contributed by atoms with Gasteiger partial charge in [0.1, 0.15) is 0 Å². The van der Waals surface area contributed by atoms with E-state index in [1.165, 1.54) is 25.3 Å². The Morgan fingerprint density at radius 1 is 1.22 bits per heavy atom. The van der Waals surface area contributed by atoms with E-state index in [9.17, 15) is 14.7 Å². The molecule has 0 fully saturated rings. The number of carbonyl (C=O) groups excluding carboxylic acids is 2. The summed E-state index contributed by atoms with van der Waals surface area (Å²) < 4.78 is 1.59. The van der Waals surface area contributed by atoms with Crippen molar-refractivity contribution in [3.8, 4) is 5.69 Å². The van der Waals surface area contributed by atoms with Gasteiger partial charge in [-0.1, -0.05) is 12.1 Å². The smallest absolute Gasteiger partial charge is 0.163 e. The normalized spacial score (nSPS) is 10.3. The number of hydrogen-bond donors (Lipinski definition) is 0. The van der Waals surface area contributed by atoms with Gasteiger partial charge in [-0.25, -0.2) is 4.68 Å². The molecule has 0 atom stereocenters. The van der Waals surface area contributed by atoms with Crippen LogP contribution in [0.5, 0.6) is 0 Å². The standard InChI is InChI=1S/C13H12N2O3/c1-8-12(9(2)16)7-14-15(8)11-5-3-10(4-6-11)13(17)18/h3-7H,1-2H3,(H,17,18)/p-1. The van der Waals surface area contributed by atoms with E-state index in [-0.39, 0.29) is 11.3 Å². The minimum Gasteiger partial charge on any atom is -0.545 e. The molecule has 2 aromatic rings. The van der Waals surface area contributed by atoms with Crippen LogP contribution in [0.2, 0.25) is 0 Å². The van der Waals surface area contributed by atoms with Crippen molar-refractivity contribution in [3.05, 3.63) is 47.3 Å². The third-order valence-corrected chi connectivity index (χ3v) is 2.74. The van der Waals surface area contributed by atoms with Crippen molar-refractivity contribution in [3.63, 3.8) is 0 Å². The maximum atomic E-state index is 11.3. The van der Waals surface area contributed by atoms with E-state index in [1.807, 2.05) is 0 Å². The van der Waals surface area contributed by atoms with Crippen LogP contribution in [0.4, 0.5) is 0 Å². The first-order valence-electron chi connectivity index (χ1n) is 5.38. The maximum absolute atomic E-state index is 11.3. The molecule has 0 aliphatic carbocycles. The first-order chi connectivity index (χ1) is 8.50. The van der Waals surface area contributed by atoms with Gasteiger partial charge in [-0.3, -0.25) is 4.79 Å². The van der Waals surface area contributed by atoms with Crippen molar-refractivity contribution in [1.29, 1.82) is 0 Å². The second-order valence-corrected chi connectivity index (χ2v) is 3.95. The zero-order valence-electron chi connectivity index (χ0n) is 10.0. The van der Waals surface area contributed by atoms with Gasteiger partial charge in [0.05, 0.1) is 29.1 Å². The molecular weight excluding hydrogens is 232 g/mol. The summed E-state index contributed by atoms with van der Waals surface area (Å²) in [7, 11) is 0. The van der Waals surface area contributed by atoms with E-state index in [0.717, 1.165) is 5.69 Å². The maximum Gasteiger partial charge on any atom is 0.163 e. The molecule has 0 aliphatic heterocycles. The molecule has 1 heterocycles. The lowest BCUT2D eigenvalue weighted by molar-refractivity contribution is -0.255. The van der Waals surface area contributed by atoms with E-state index < -0.39 is 5.97 Å². The zero-order chi connectivity index (χ0) is 13.3. The van der Waals surface area contributed by atoms with Crippen LogP contribution in [0, 0.1) is 6.92 Å². The predicted molar refractivity (Wildman–Crippen MR) is 62.6 cm³/mol. The largest absolute Gasteiger partial charge is 0.545 e. The third-order valence-electron chi connectivity index (χ3n) is 2.74. The lowest BCUT2D eigenvalue weighted by Gasteiger charge is -2.07. The quantitative estimate of drug-likeness (QED) is 0.745. The van der Waals surface area contributed by atoms with E-state index >= 15 is 0 Å². The lowest BCUT2D eigenvalue weighted by Crippen LogP contribution is -2.22. The van der Waals surface area contributed by atoms with Crippen molar-refractivity contribution < 1.29 is 14.7 Å². The molecule has 0 saturated heterocycles. The molecule has 0 aliphatic rings. The molecule has 18 heavy (non-hydrogen) atoms. The Balaban J connectivity index is 2.43. The summed E-state index contributed by atoms with van der Waals surface area (Å²) in [5, 5.41) is 14.7. The molecule has 0 amide bonds. The number of carboxylic acids is 1. The van der Waals surface area contributed by atoms with Gasteiger partial charge < -0.3 is 9.90 Å². The molecule has 92 valence electrons. The number of Topliss-reactive ketones (excluding diaryl/α,β-unsaturated/α-hetero) is 1. The Bertz CT molecular complexity index is 612. The Morgan fingerprint density at radius 3 is 2.28 bits per heavy atom. The van der Waals surface area contributed by atoms with Gasteiger partial charge in [-0.15, -0.1) is 0 Å². The summed E-state index contributed by atoms with van der Waals surface area (Å²) in [6.45, 7) is 3.27. The van der Waals surface area contributed by atoms with Crippen LogP contribution >= 0.6 is 0 Å². The summed E-state index contributed by atoms with van der Waals surface area (Å²) in [5.74, 6) is -1.27. The van der Waals surface area contributed by atoms with Crippen molar-refractivity contribution in [2.45, 2.75) is 13.8 Å². The molecule has 2 rings (SSSR count). The van der Waals surface area contributed by atoms with Gasteiger partial charge >= 0.3 is 0 Å². The van der Waals surface area contributed by atoms with Gasteiger partial charge in [0.2, 0.25) is 0 Å². The molecule has 1 aromatic carbocycles. The predicted octanol–water partition coefficient (Wildman–Crippen LogP) is 0.747. The highest BCUT2D eigenvalue weighted by molar-refractivity contribution is 5.95. The number of carbonyl (C=O) groups is 2. The minimum atomic E-state index is -1.22. The van der Waals surface area contributed by atoms with E-state index in [4.69, 9.17) is 0 Å². The average Bonchev–Trinajstić information content (AvgIpc) is 2.71. The highest BCUT2D eigenvalue weighted by Crippen LogP contribution is 2.15. The highest BCUT2D eigenvalue weighted by Gasteiger charge is 2.11. The monoisotopic (exact) mass is 243 g/mol. The van der Waals surface area contributed by atoms with Gasteiger partial charge in [0.15, 0.2) is 5.78 Å². The first kappa shape index (κ1) is 12.0. The number of rotatable bonds is 3.